The first-order chi connectivity index (χ1) is 9.58. The zero-order valence-electron chi connectivity index (χ0n) is 11.5. The predicted octanol–water partition coefficient (Wildman–Crippen LogP) is 0.943. The molecule has 5 nitrogen and oxygen atoms in total. The molecule has 0 spiro atoms. The number of amides is 2. The summed E-state index contributed by atoms with van der Waals surface area (Å²) in [4.78, 5) is 27.8. The molecule has 1 aromatic carbocycles. The van der Waals surface area contributed by atoms with E-state index in [1.165, 1.54) is 4.90 Å². The van der Waals surface area contributed by atoms with E-state index in [4.69, 9.17) is 0 Å². The Balaban J connectivity index is 1.72. The number of hydrogen-bond donors (Lipinski definition) is 1. The summed E-state index contributed by atoms with van der Waals surface area (Å²) in [5.41, 5.74) is 0.979. The molecule has 0 aromatic heterocycles. The molecule has 0 bridgehead atoms. The molecule has 2 atom stereocenters. The number of fused-ring (bicyclic) bond motifs is 1. The molecule has 1 fully saturated rings. The topological polar surface area (TPSA) is 60.9 Å². The number of benzene rings is 1. The fraction of sp³-hybridized carbons (Fsp3) is 0.467. The molecule has 1 saturated heterocycles. The van der Waals surface area contributed by atoms with Crippen LogP contribution in [0.15, 0.2) is 24.3 Å². The van der Waals surface area contributed by atoms with Gasteiger partial charge < -0.3 is 5.11 Å². The number of aliphatic hydroxyl groups excluding tert-OH is 1. The van der Waals surface area contributed by atoms with Gasteiger partial charge in [-0.25, -0.2) is 0 Å². The maximum Gasteiger partial charge on any atom is 0.262 e. The van der Waals surface area contributed by atoms with Crippen LogP contribution in [-0.2, 0) is 0 Å². The Hall–Kier alpha value is -1.72. The number of imide groups is 1. The van der Waals surface area contributed by atoms with Crippen LogP contribution in [0, 0.1) is 5.92 Å². The molecule has 1 aromatic rings. The van der Waals surface area contributed by atoms with E-state index in [0.717, 1.165) is 19.5 Å². The van der Waals surface area contributed by atoms with E-state index < -0.39 is 0 Å². The van der Waals surface area contributed by atoms with Gasteiger partial charge in [0.15, 0.2) is 0 Å². The van der Waals surface area contributed by atoms with Crippen molar-refractivity contribution in [2.45, 2.75) is 19.4 Å². The molecule has 2 unspecified atom stereocenters. The lowest BCUT2D eigenvalue weighted by Gasteiger charge is -2.22. The molecule has 0 saturated carbocycles. The zero-order valence-corrected chi connectivity index (χ0v) is 11.5. The molecular formula is C15H18N2O3. The van der Waals surface area contributed by atoms with Crippen LogP contribution in [0.2, 0.25) is 0 Å². The summed E-state index contributed by atoms with van der Waals surface area (Å²) in [6.45, 7) is 3.64. The number of rotatable bonds is 3. The average molecular weight is 274 g/mol. The Kier molecular flexibility index (Phi) is 3.31. The quantitative estimate of drug-likeness (QED) is 0.833. The molecule has 106 valence electrons. The predicted molar refractivity (Wildman–Crippen MR) is 73.2 cm³/mol. The van der Waals surface area contributed by atoms with Gasteiger partial charge in [0.2, 0.25) is 0 Å². The normalized spacial score (nSPS) is 24.3. The van der Waals surface area contributed by atoms with Crippen LogP contribution in [0.1, 0.15) is 34.1 Å². The van der Waals surface area contributed by atoms with Crippen molar-refractivity contribution in [1.82, 2.24) is 9.80 Å². The summed E-state index contributed by atoms with van der Waals surface area (Å²) >= 11 is 0. The Bertz CT molecular complexity index is 521. The molecule has 2 amide bonds. The number of carbonyl (C=O) groups excluding carboxylic acids is 2. The monoisotopic (exact) mass is 274 g/mol. The van der Waals surface area contributed by atoms with Crippen LogP contribution in [0.3, 0.4) is 0 Å². The van der Waals surface area contributed by atoms with E-state index in [9.17, 15) is 14.7 Å². The van der Waals surface area contributed by atoms with Gasteiger partial charge in [-0.15, -0.1) is 0 Å². The van der Waals surface area contributed by atoms with E-state index in [-0.39, 0.29) is 23.8 Å². The van der Waals surface area contributed by atoms with Crippen LogP contribution in [0.5, 0.6) is 0 Å². The Morgan fingerprint density at radius 3 is 2.35 bits per heavy atom. The minimum absolute atomic E-state index is 0.217. The number of nitrogens with zero attached hydrogens (tertiary/aromatic N) is 2. The summed E-state index contributed by atoms with van der Waals surface area (Å²) in [5, 5.41) is 9.60. The number of hydrogen-bond acceptors (Lipinski definition) is 4. The SMILES string of the molecule is CC(O)C1CCN(CN2C(=O)c3ccccc3C2=O)C1. The van der Waals surface area contributed by atoms with Gasteiger partial charge in [0.25, 0.3) is 11.8 Å². The number of aliphatic hydroxyl groups is 1. The van der Waals surface area contributed by atoms with Crippen molar-refractivity contribution >= 4 is 11.8 Å². The molecule has 0 radical (unpaired) electrons. The second-order valence-corrected chi connectivity index (χ2v) is 5.59. The standard InChI is InChI=1S/C15H18N2O3/c1-10(18)11-6-7-16(8-11)9-17-14(19)12-4-2-3-5-13(12)15(17)20/h2-5,10-11,18H,6-9H2,1H3. The lowest BCUT2D eigenvalue weighted by atomic mass is 10.0. The first-order valence-corrected chi connectivity index (χ1v) is 6.93. The third kappa shape index (κ3) is 2.13. The third-order valence-corrected chi connectivity index (χ3v) is 4.21. The van der Waals surface area contributed by atoms with Gasteiger partial charge >= 0.3 is 0 Å². The van der Waals surface area contributed by atoms with Crippen molar-refractivity contribution in [3.05, 3.63) is 35.4 Å². The third-order valence-electron chi connectivity index (χ3n) is 4.21. The highest BCUT2D eigenvalue weighted by molar-refractivity contribution is 6.21. The van der Waals surface area contributed by atoms with Crippen LogP contribution in [-0.4, -0.2) is 52.6 Å². The maximum atomic E-state index is 12.2. The summed E-state index contributed by atoms with van der Waals surface area (Å²) in [6, 6.07) is 6.93. The Morgan fingerprint density at radius 1 is 1.25 bits per heavy atom. The largest absolute Gasteiger partial charge is 0.393 e. The van der Waals surface area contributed by atoms with Crippen molar-refractivity contribution in [3.8, 4) is 0 Å². The van der Waals surface area contributed by atoms with Crippen molar-refractivity contribution in [2.75, 3.05) is 19.8 Å². The summed E-state index contributed by atoms with van der Waals surface area (Å²) in [5.74, 6) is -0.206. The first kappa shape index (κ1) is 13.3. The summed E-state index contributed by atoms with van der Waals surface area (Å²) < 4.78 is 0. The second-order valence-electron chi connectivity index (χ2n) is 5.59. The van der Waals surface area contributed by atoms with Crippen LogP contribution < -0.4 is 0 Å². The Labute approximate surface area is 117 Å². The zero-order chi connectivity index (χ0) is 14.3. The second kappa shape index (κ2) is 5.00. The fourth-order valence-corrected chi connectivity index (χ4v) is 2.95. The van der Waals surface area contributed by atoms with Crippen LogP contribution in [0.4, 0.5) is 0 Å². The van der Waals surface area contributed by atoms with E-state index in [2.05, 4.69) is 4.90 Å². The highest BCUT2D eigenvalue weighted by Gasteiger charge is 2.37. The molecule has 20 heavy (non-hydrogen) atoms. The fourth-order valence-electron chi connectivity index (χ4n) is 2.95. The number of likely N-dealkylation sites (tertiary alicyclic amines) is 1. The molecule has 1 N–H and O–H groups in total. The van der Waals surface area contributed by atoms with Crippen LogP contribution >= 0.6 is 0 Å². The van der Waals surface area contributed by atoms with Gasteiger partial charge in [0, 0.05) is 13.1 Å². The maximum absolute atomic E-state index is 12.2. The van der Waals surface area contributed by atoms with E-state index >= 15 is 0 Å². The molecule has 2 aliphatic rings. The first-order valence-electron chi connectivity index (χ1n) is 6.93. The smallest absolute Gasteiger partial charge is 0.262 e. The molecule has 5 heteroatoms. The van der Waals surface area contributed by atoms with Gasteiger partial charge in [-0.05, 0) is 31.4 Å². The minimum atomic E-state index is -0.345. The van der Waals surface area contributed by atoms with Gasteiger partial charge in [-0.3, -0.25) is 19.4 Å². The number of carbonyl (C=O) groups is 2. The molecule has 2 heterocycles. The van der Waals surface area contributed by atoms with Gasteiger partial charge in [0.1, 0.15) is 0 Å². The summed E-state index contributed by atoms with van der Waals surface area (Å²) in [7, 11) is 0. The summed E-state index contributed by atoms with van der Waals surface area (Å²) in [6.07, 6.45) is 0.558. The molecule has 3 rings (SSSR count). The van der Waals surface area contributed by atoms with Crippen molar-refractivity contribution < 1.29 is 14.7 Å². The van der Waals surface area contributed by atoms with E-state index in [0.29, 0.717) is 17.8 Å². The van der Waals surface area contributed by atoms with Gasteiger partial charge in [-0.1, -0.05) is 12.1 Å². The molecular weight excluding hydrogens is 256 g/mol. The van der Waals surface area contributed by atoms with E-state index in [1.54, 1.807) is 31.2 Å². The highest BCUT2D eigenvalue weighted by atomic mass is 16.3. The van der Waals surface area contributed by atoms with Crippen molar-refractivity contribution in [3.63, 3.8) is 0 Å². The minimum Gasteiger partial charge on any atom is -0.393 e. The van der Waals surface area contributed by atoms with Gasteiger partial charge in [0.05, 0.1) is 23.9 Å². The van der Waals surface area contributed by atoms with E-state index in [1.807, 2.05) is 0 Å². The molecule has 2 aliphatic heterocycles. The van der Waals surface area contributed by atoms with Crippen LogP contribution in [0.25, 0.3) is 0 Å². The van der Waals surface area contributed by atoms with Gasteiger partial charge in [-0.2, -0.15) is 0 Å². The average Bonchev–Trinajstić information content (AvgIpc) is 3.00. The Morgan fingerprint density at radius 2 is 1.85 bits per heavy atom. The lowest BCUT2D eigenvalue weighted by Crippen LogP contribution is -2.40. The van der Waals surface area contributed by atoms with Crippen molar-refractivity contribution in [1.29, 1.82) is 0 Å². The molecule has 0 aliphatic carbocycles. The highest BCUT2D eigenvalue weighted by Crippen LogP contribution is 2.25. The van der Waals surface area contributed by atoms with Crippen molar-refractivity contribution in [2.24, 2.45) is 5.92 Å². The lowest BCUT2D eigenvalue weighted by molar-refractivity contribution is 0.0550.